The summed E-state index contributed by atoms with van der Waals surface area (Å²) in [5, 5.41) is 3.15. The van der Waals surface area contributed by atoms with Gasteiger partial charge < -0.3 is 10.1 Å². The Labute approximate surface area is 157 Å². The highest BCUT2D eigenvalue weighted by Gasteiger charge is 2.24. The van der Waals surface area contributed by atoms with E-state index in [9.17, 15) is 4.79 Å². The van der Waals surface area contributed by atoms with Gasteiger partial charge in [-0.1, -0.05) is 29.8 Å². The fourth-order valence-corrected chi connectivity index (χ4v) is 3.91. The predicted octanol–water partition coefficient (Wildman–Crippen LogP) is 2.05. The third-order valence-electron chi connectivity index (χ3n) is 5.50. The molecule has 0 aromatic heterocycles. The van der Waals surface area contributed by atoms with Crippen molar-refractivity contribution in [3.05, 3.63) is 35.4 Å². The highest BCUT2D eigenvalue weighted by atomic mass is 16.5. The predicted molar refractivity (Wildman–Crippen MR) is 104 cm³/mol. The molecule has 1 amide bonds. The first-order valence-corrected chi connectivity index (χ1v) is 10.1. The lowest BCUT2D eigenvalue weighted by Crippen LogP contribution is -2.41. The van der Waals surface area contributed by atoms with Gasteiger partial charge in [-0.15, -0.1) is 0 Å². The van der Waals surface area contributed by atoms with Crippen LogP contribution in [0.25, 0.3) is 0 Å². The number of nitrogens with one attached hydrogen (secondary N) is 1. The maximum atomic E-state index is 12.4. The van der Waals surface area contributed by atoms with Crippen LogP contribution >= 0.6 is 0 Å². The highest BCUT2D eigenvalue weighted by molar-refractivity contribution is 5.78. The van der Waals surface area contributed by atoms with Crippen LogP contribution in [-0.4, -0.2) is 68.2 Å². The molecular formula is C21H33N3O2. The van der Waals surface area contributed by atoms with Crippen LogP contribution in [0.15, 0.2) is 24.3 Å². The largest absolute Gasteiger partial charge is 0.379 e. The van der Waals surface area contributed by atoms with Crippen LogP contribution in [-0.2, 0) is 16.1 Å². The Morgan fingerprint density at radius 2 is 1.92 bits per heavy atom. The molecule has 5 heteroatoms. The number of carbonyl (C=O) groups excluding carboxylic acids is 1. The van der Waals surface area contributed by atoms with E-state index >= 15 is 0 Å². The van der Waals surface area contributed by atoms with E-state index in [0.29, 0.717) is 0 Å². The first-order valence-electron chi connectivity index (χ1n) is 10.1. The molecule has 0 bridgehead atoms. The molecule has 2 fully saturated rings. The standard InChI is InChI=1S/C21H33N3O2/c1-18-4-2-5-19(16-18)17-24-10-6-20(7-11-24)21(25)22-8-3-9-23-12-14-26-15-13-23/h2,4-5,16,20H,3,6-15,17H2,1H3,(H,22,25). The zero-order valence-electron chi connectivity index (χ0n) is 16.1. The number of amides is 1. The molecule has 144 valence electrons. The lowest BCUT2D eigenvalue weighted by atomic mass is 9.95. The lowest BCUT2D eigenvalue weighted by molar-refractivity contribution is -0.126. The first kappa shape index (κ1) is 19.3. The summed E-state index contributed by atoms with van der Waals surface area (Å²) in [7, 11) is 0. The Kier molecular flexibility index (Phi) is 7.47. The first-order chi connectivity index (χ1) is 12.7. The normalized spacial score (nSPS) is 20.2. The van der Waals surface area contributed by atoms with Gasteiger partial charge in [0.1, 0.15) is 0 Å². The number of carbonyl (C=O) groups is 1. The molecule has 2 heterocycles. The molecule has 3 rings (SSSR count). The molecular weight excluding hydrogens is 326 g/mol. The van der Waals surface area contributed by atoms with Gasteiger partial charge in [-0.25, -0.2) is 0 Å². The highest BCUT2D eigenvalue weighted by Crippen LogP contribution is 2.19. The molecule has 0 atom stereocenters. The van der Waals surface area contributed by atoms with E-state index in [-0.39, 0.29) is 11.8 Å². The summed E-state index contributed by atoms with van der Waals surface area (Å²) < 4.78 is 5.36. The lowest BCUT2D eigenvalue weighted by Gasteiger charge is -2.31. The molecule has 0 spiro atoms. The van der Waals surface area contributed by atoms with Crippen LogP contribution in [0.3, 0.4) is 0 Å². The average Bonchev–Trinajstić information content (AvgIpc) is 2.66. The van der Waals surface area contributed by atoms with E-state index in [1.165, 1.54) is 11.1 Å². The maximum Gasteiger partial charge on any atom is 0.223 e. The Morgan fingerprint density at radius 3 is 2.65 bits per heavy atom. The maximum absolute atomic E-state index is 12.4. The summed E-state index contributed by atoms with van der Waals surface area (Å²) in [6.07, 6.45) is 2.97. The summed E-state index contributed by atoms with van der Waals surface area (Å²) in [6.45, 7) is 10.7. The minimum Gasteiger partial charge on any atom is -0.379 e. The Hall–Kier alpha value is -1.43. The minimum atomic E-state index is 0.187. The number of morpholine rings is 1. The summed E-state index contributed by atoms with van der Waals surface area (Å²) >= 11 is 0. The van der Waals surface area contributed by atoms with Crippen LogP contribution in [0.4, 0.5) is 0 Å². The van der Waals surface area contributed by atoms with Crippen LogP contribution in [0.5, 0.6) is 0 Å². The molecule has 0 unspecified atom stereocenters. The van der Waals surface area contributed by atoms with Crippen molar-refractivity contribution in [2.45, 2.75) is 32.7 Å². The number of hydrogen-bond acceptors (Lipinski definition) is 4. The summed E-state index contributed by atoms with van der Waals surface area (Å²) in [6, 6.07) is 8.72. The summed E-state index contributed by atoms with van der Waals surface area (Å²) in [5.41, 5.74) is 2.69. The number of benzene rings is 1. The third kappa shape index (κ3) is 6.08. The van der Waals surface area contributed by atoms with Crippen molar-refractivity contribution in [1.29, 1.82) is 0 Å². The van der Waals surface area contributed by atoms with E-state index < -0.39 is 0 Å². The molecule has 0 radical (unpaired) electrons. The van der Waals surface area contributed by atoms with Gasteiger partial charge in [-0.3, -0.25) is 14.6 Å². The molecule has 2 saturated heterocycles. The molecule has 5 nitrogen and oxygen atoms in total. The number of aryl methyl sites for hydroxylation is 1. The zero-order valence-corrected chi connectivity index (χ0v) is 16.1. The van der Waals surface area contributed by atoms with Gasteiger partial charge in [-0.05, 0) is 51.4 Å². The number of piperidine rings is 1. The Balaban J connectivity index is 1.30. The van der Waals surface area contributed by atoms with Gasteiger partial charge in [0.15, 0.2) is 0 Å². The molecule has 0 saturated carbocycles. The molecule has 1 aromatic carbocycles. The van der Waals surface area contributed by atoms with Crippen LogP contribution in [0, 0.1) is 12.8 Å². The Morgan fingerprint density at radius 1 is 1.15 bits per heavy atom. The molecule has 0 aliphatic carbocycles. The number of hydrogen-bond donors (Lipinski definition) is 1. The number of nitrogens with zero attached hydrogens (tertiary/aromatic N) is 2. The quantitative estimate of drug-likeness (QED) is 0.757. The second kappa shape index (κ2) is 10.0. The van der Waals surface area contributed by atoms with Crippen molar-refractivity contribution in [2.24, 2.45) is 5.92 Å². The summed E-state index contributed by atoms with van der Waals surface area (Å²) in [4.78, 5) is 17.3. The van der Waals surface area contributed by atoms with Crippen molar-refractivity contribution in [1.82, 2.24) is 15.1 Å². The fourth-order valence-electron chi connectivity index (χ4n) is 3.91. The van der Waals surface area contributed by atoms with Gasteiger partial charge >= 0.3 is 0 Å². The second-order valence-corrected chi connectivity index (χ2v) is 7.64. The van der Waals surface area contributed by atoms with Crippen molar-refractivity contribution >= 4 is 5.91 Å². The van der Waals surface area contributed by atoms with E-state index in [0.717, 1.165) is 78.3 Å². The van der Waals surface area contributed by atoms with Crippen molar-refractivity contribution in [2.75, 3.05) is 52.5 Å². The number of rotatable bonds is 7. The summed E-state index contributed by atoms with van der Waals surface area (Å²) in [5.74, 6) is 0.439. The molecule has 2 aliphatic rings. The van der Waals surface area contributed by atoms with Crippen molar-refractivity contribution in [3.8, 4) is 0 Å². The van der Waals surface area contributed by atoms with Crippen LogP contribution in [0.2, 0.25) is 0 Å². The van der Waals surface area contributed by atoms with E-state index in [4.69, 9.17) is 4.74 Å². The van der Waals surface area contributed by atoms with E-state index in [1.54, 1.807) is 0 Å². The average molecular weight is 360 g/mol. The van der Waals surface area contributed by atoms with Crippen LogP contribution < -0.4 is 5.32 Å². The van der Waals surface area contributed by atoms with Crippen molar-refractivity contribution in [3.63, 3.8) is 0 Å². The van der Waals surface area contributed by atoms with Crippen LogP contribution in [0.1, 0.15) is 30.4 Å². The van der Waals surface area contributed by atoms with Gasteiger partial charge in [0.2, 0.25) is 5.91 Å². The fraction of sp³-hybridized carbons (Fsp3) is 0.667. The molecule has 1 aromatic rings. The van der Waals surface area contributed by atoms with Gasteiger partial charge in [0.05, 0.1) is 13.2 Å². The Bertz CT molecular complexity index is 564. The molecule has 2 aliphatic heterocycles. The smallest absolute Gasteiger partial charge is 0.223 e. The molecule has 26 heavy (non-hydrogen) atoms. The van der Waals surface area contributed by atoms with E-state index in [2.05, 4.69) is 46.3 Å². The third-order valence-corrected chi connectivity index (χ3v) is 5.50. The van der Waals surface area contributed by atoms with E-state index in [1.807, 2.05) is 0 Å². The second-order valence-electron chi connectivity index (χ2n) is 7.64. The van der Waals surface area contributed by atoms with Crippen molar-refractivity contribution < 1.29 is 9.53 Å². The number of ether oxygens (including phenoxy) is 1. The zero-order chi connectivity index (χ0) is 18.2. The van der Waals surface area contributed by atoms with Gasteiger partial charge in [-0.2, -0.15) is 0 Å². The molecule has 1 N–H and O–H groups in total. The van der Waals surface area contributed by atoms with Gasteiger partial charge in [0.25, 0.3) is 0 Å². The minimum absolute atomic E-state index is 0.187. The van der Waals surface area contributed by atoms with Gasteiger partial charge in [0, 0.05) is 32.1 Å². The SMILES string of the molecule is Cc1cccc(CN2CCC(C(=O)NCCCN3CCOCC3)CC2)c1. The topological polar surface area (TPSA) is 44.8 Å². The monoisotopic (exact) mass is 359 g/mol. The number of likely N-dealkylation sites (tertiary alicyclic amines) is 1.